The van der Waals surface area contributed by atoms with Crippen LogP contribution in [0.4, 0.5) is 0 Å². The molecule has 4 rings (SSSR count). The van der Waals surface area contributed by atoms with Crippen molar-refractivity contribution in [1.29, 1.82) is 0 Å². The second-order valence-electron chi connectivity index (χ2n) is 6.42. The third kappa shape index (κ3) is 3.69. The van der Waals surface area contributed by atoms with Gasteiger partial charge in [-0.2, -0.15) is 0 Å². The first-order chi connectivity index (χ1) is 12.8. The SMILES string of the molecule is O=C(NOCc1ccccc1)[C@H]1CC=CC[C@H]1c1nc2ccccc2s1. The molecule has 0 saturated heterocycles. The molecule has 0 fully saturated rings. The Hall–Kier alpha value is -2.50. The van der Waals surface area contributed by atoms with E-state index in [4.69, 9.17) is 9.82 Å². The minimum Gasteiger partial charge on any atom is -0.272 e. The van der Waals surface area contributed by atoms with Crippen LogP contribution in [0.2, 0.25) is 0 Å². The van der Waals surface area contributed by atoms with Crippen LogP contribution in [0.1, 0.15) is 29.3 Å². The van der Waals surface area contributed by atoms with Crippen LogP contribution in [0.25, 0.3) is 10.2 Å². The van der Waals surface area contributed by atoms with Gasteiger partial charge in [-0.3, -0.25) is 9.63 Å². The maximum atomic E-state index is 12.7. The molecule has 1 amide bonds. The highest BCUT2D eigenvalue weighted by atomic mass is 32.1. The summed E-state index contributed by atoms with van der Waals surface area (Å²) in [7, 11) is 0. The lowest BCUT2D eigenvalue weighted by atomic mass is 9.83. The molecule has 1 heterocycles. The van der Waals surface area contributed by atoms with Gasteiger partial charge in [-0.05, 0) is 30.5 Å². The summed E-state index contributed by atoms with van der Waals surface area (Å²) < 4.78 is 1.16. The van der Waals surface area contributed by atoms with Gasteiger partial charge in [-0.25, -0.2) is 10.5 Å². The van der Waals surface area contributed by atoms with Gasteiger partial charge in [-0.15, -0.1) is 11.3 Å². The van der Waals surface area contributed by atoms with Gasteiger partial charge in [0, 0.05) is 5.92 Å². The lowest BCUT2D eigenvalue weighted by Gasteiger charge is -2.25. The Bertz CT molecular complexity index is 887. The zero-order chi connectivity index (χ0) is 17.8. The normalized spacial score (nSPS) is 19.5. The predicted octanol–water partition coefficient (Wildman–Crippen LogP) is 4.59. The first-order valence-electron chi connectivity index (χ1n) is 8.77. The van der Waals surface area contributed by atoms with Crippen LogP contribution < -0.4 is 5.48 Å². The zero-order valence-corrected chi connectivity index (χ0v) is 15.1. The van der Waals surface area contributed by atoms with Gasteiger partial charge in [0.25, 0.3) is 0 Å². The number of rotatable bonds is 5. The molecule has 26 heavy (non-hydrogen) atoms. The van der Waals surface area contributed by atoms with Gasteiger partial charge >= 0.3 is 0 Å². The first kappa shape index (κ1) is 16.9. The number of nitrogens with one attached hydrogen (secondary N) is 1. The van der Waals surface area contributed by atoms with Gasteiger partial charge in [0.15, 0.2) is 0 Å². The molecule has 0 saturated carbocycles. The largest absolute Gasteiger partial charge is 0.272 e. The number of fused-ring (bicyclic) bond motifs is 1. The van der Waals surface area contributed by atoms with E-state index in [2.05, 4.69) is 23.7 Å². The lowest BCUT2D eigenvalue weighted by Crippen LogP contribution is -2.35. The molecule has 0 aliphatic heterocycles. The Morgan fingerprint density at radius 3 is 2.69 bits per heavy atom. The number of aromatic nitrogens is 1. The number of thiazole rings is 1. The Morgan fingerprint density at radius 1 is 1.08 bits per heavy atom. The maximum Gasteiger partial charge on any atom is 0.247 e. The van der Waals surface area contributed by atoms with Crippen molar-refractivity contribution in [2.24, 2.45) is 5.92 Å². The second kappa shape index (κ2) is 7.81. The average molecular weight is 364 g/mol. The van der Waals surface area contributed by atoms with Crippen LogP contribution in [-0.2, 0) is 16.2 Å². The molecule has 1 aliphatic rings. The van der Waals surface area contributed by atoms with Gasteiger partial charge in [0.05, 0.1) is 27.7 Å². The number of carbonyl (C=O) groups is 1. The summed E-state index contributed by atoms with van der Waals surface area (Å²) in [6.45, 7) is 0.362. The number of amides is 1. The molecule has 2 aromatic carbocycles. The van der Waals surface area contributed by atoms with Crippen LogP contribution in [0.3, 0.4) is 0 Å². The van der Waals surface area contributed by atoms with Crippen molar-refractivity contribution in [2.45, 2.75) is 25.4 Å². The fourth-order valence-corrected chi connectivity index (χ4v) is 4.41. The van der Waals surface area contributed by atoms with Crippen LogP contribution in [0, 0.1) is 5.92 Å². The lowest BCUT2D eigenvalue weighted by molar-refractivity contribution is -0.139. The highest BCUT2D eigenvalue weighted by Crippen LogP contribution is 2.38. The molecule has 0 spiro atoms. The number of nitrogens with zero attached hydrogens (tertiary/aromatic N) is 1. The Kier molecular flexibility index (Phi) is 5.09. The topological polar surface area (TPSA) is 51.2 Å². The van der Waals surface area contributed by atoms with E-state index in [1.807, 2.05) is 48.5 Å². The summed E-state index contributed by atoms with van der Waals surface area (Å²) >= 11 is 1.68. The molecule has 2 atom stereocenters. The third-order valence-electron chi connectivity index (χ3n) is 4.65. The van der Waals surface area contributed by atoms with Crippen molar-refractivity contribution in [3.05, 3.63) is 77.3 Å². The number of allylic oxidation sites excluding steroid dienone is 2. The summed E-state index contributed by atoms with van der Waals surface area (Å²) in [4.78, 5) is 22.9. The molecule has 5 heteroatoms. The monoisotopic (exact) mass is 364 g/mol. The van der Waals surface area contributed by atoms with E-state index in [-0.39, 0.29) is 17.7 Å². The fraction of sp³-hybridized carbons (Fsp3) is 0.238. The van der Waals surface area contributed by atoms with Crippen molar-refractivity contribution < 1.29 is 9.63 Å². The molecule has 0 bridgehead atoms. The standard InChI is InChI=1S/C21H20N2O2S/c24-20(23-25-14-15-8-2-1-3-9-15)16-10-4-5-11-17(16)21-22-18-12-6-7-13-19(18)26-21/h1-9,12-13,16-17H,10-11,14H2,(H,23,24)/t16-,17+/m0/s1. The van der Waals surface area contributed by atoms with E-state index in [9.17, 15) is 4.79 Å². The molecule has 0 unspecified atom stereocenters. The van der Waals surface area contributed by atoms with E-state index >= 15 is 0 Å². The van der Waals surface area contributed by atoms with Crippen LogP contribution in [0.15, 0.2) is 66.7 Å². The minimum atomic E-state index is -0.156. The first-order valence-corrected chi connectivity index (χ1v) is 9.59. The summed E-state index contributed by atoms with van der Waals surface area (Å²) in [5.74, 6) is -0.136. The molecular formula is C21H20N2O2S. The smallest absolute Gasteiger partial charge is 0.247 e. The van der Waals surface area contributed by atoms with E-state index in [1.165, 1.54) is 0 Å². The average Bonchev–Trinajstić information content (AvgIpc) is 3.13. The van der Waals surface area contributed by atoms with Crippen molar-refractivity contribution >= 4 is 27.5 Å². The van der Waals surface area contributed by atoms with E-state index < -0.39 is 0 Å². The molecule has 3 aromatic rings. The highest BCUT2D eigenvalue weighted by molar-refractivity contribution is 7.18. The Labute approximate surface area is 156 Å². The van der Waals surface area contributed by atoms with Crippen LogP contribution in [0.5, 0.6) is 0 Å². The number of hydrogen-bond acceptors (Lipinski definition) is 4. The summed E-state index contributed by atoms with van der Waals surface area (Å²) in [6, 6.07) is 17.9. The summed E-state index contributed by atoms with van der Waals surface area (Å²) in [6.07, 6.45) is 5.76. The number of benzene rings is 2. The number of hydrogen-bond donors (Lipinski definition) is 1. The van der Waals surface area contributed by atoms with E-state index in [1.54, 1.807) is 11.3 Å². The molecule has 1 aliphatic carbocycles. The fourth-order valence-electron chi connectivity index (χ4n) is 3.27. The Morgan fingerprint density at radius 2 is 1.85 bits per heavy atom. The van der Waals surface area contributed by atoms with Crippen LogP contribution in [-0.4, -0.2) is 10.9 Å². The highest BCUT2D eigenvalue weighted by Gasteiger charge is 2.32. The van der Waals surface area contributed by atoms with Crippen LogP contribution >= 0.6 is 11.3 Å². The quantitative estimate of drug-likeness (QED) is 0.532. The Balaban J connectivity index is 1.45. The number of carbonyl (C=O) groups excluding carboxylic acids is 1. The molecule has 4 nitrogen and oxygen atoms in total. The van der Waals surface area contributed by atoms with Crippen molar-refractivity contribution in [3.8, 4) is 0 Å². The number of para-hydroxylation sites is 1. The van der Waals surface area contributed by atoms with E-state index in [0.717, 1.165) is 27.2 Å². The van der Waals surface area contributed by atoms with Gasteiger partial charge < -0.3 is 0 Å². The molecule has 1 N–H and O–H groups in total. The third-order valence-corrected chi connectivity index (χ3v) is 5.82. The van der Waals surface area contributed by atoms with Gasteiger partial charge in [0.2, 0.25) is 5.91 Å². The minimum absolute atomic E-state index is 0.0745. The van der Waals surface area contributed by atoms with Crippen molar-refractivity contribution in [2.75, 3.05) is 0 Å². The molecule has 1 aromatic heterocycles. The van der Waals surface area contributed by atoms with Crippen molar-refractivity contribution in [1.82, 2.24) is 10.5 Å². The zero-order valence-electron chi connectivity index (χ0n) is 14.3. The van der Waals surface area contributed by atoms with Crippen molar-refractivity contribution in [3.63, 3.8) is 0 Å². The molecule has 0 radical (unpaired) electrons. The van der Waals surface area contributed by atoms with Gasteiger partial charge in [-0.1, -0.05) is 54.6 Å². The van der Waals surface area contributed by atoms with Gasteiger partial charge in [0.1, 0.15) is 0 Å². The summed E-state index contributed by atoms with van der Waals surface area (Å²) in [5.41, 5.74) is 4.67. The summed E-state index contributed by atoms with van der Waals surface area (Å²) in [5, 5.41) is 1.03. The maximum absolute atomic E-state index is 12.7. The second-order valence-corrected chi connectivity index (χ2v) is 7.48. The predicted molar refractivity (Wildman–Crippen MR) is 104 cm³/mol. The molecule has 132 valence electrons. The number of hydroxylamine groups is 1. The molecular weight excluding hydrogens is 344 g/mol. The van der Waals surface area contributed by atoms with E-state index in [0.29, 0.717) is 13.0 Å².